The molecule has 0 aliphatic rings. The molecule has 0 saturated carbocycles. The smallest absolute Gasteiger partial charge is 0.224 e. The van der Waals surface area contributed by atoms with Crippen molar-refractivity contribution in [1.29, 1.82) is 0 Å². The van der Waals surface area contributed by atoms with Crippen LogP contribution in [0.15, 0.2) is 24.5 Å². The number of halogens is 2. The van der Waals surface area contributed by atoms with Crippen molar-refractivity contribution in [2.75, 3.05) is 10.6 Å². The zero-order valence-electron chi connectivity index (χ0n) is 8.37. The molecule has 1 aromatic heterocycles. The number of aromatic amines is 1. The van der Waals surface area contributed by atoms with Gasteiger partial charge in [-0.05, 0) is 30.4 Å². The van der Waals surface area contributed by atoms with Crippen LogP contribution < -0.4 is 10.6 Å². The van der Waals surface area contributed by atoms with E-state index in [9.17, 15) is 0 Å². The Hall–Kier alpha value is -1.37. The monoisotopic (exact) mass is 287 g/mol. The van der Waals surface area contributed by atoms with E-state index in [2.05, 4.69) is 25.8 Å². The first-order valence-corrected chi connectivity index (χ1v) is 5.70. The Morgan fingerprint density at radius 2 is 2.06 bits per heavy atom. The van der Waals surface area contributed by atoms with E-state index in [1.54, 1.807) is 18.2 Å². The predicted octanol–water partition coefficient (Wildman–Crippen LogP) is 2.92. The second-order valence-electron chi connectivity index (χ2n) is 3.04. The van der Waals surface area contributed by atoms with E-state index in [1.807, 2.05) is 0 Å². The SMILES string of the molecule is S=C(Nc1ccc(Cl)c(Cl)c1)Nc1ncn[nH]1. The number of rotatable bonds is 2. The first-order valence-electron chi connectivity index (χ1n) is 4.53. The fourth-order valence-electron chi connectivity index (χ4n) is 1.11. The Bertz CT molecular complexity index is 528. The van der Waals surface area contributed by atoms with Gasteiger partial charge in [0.2, 0.25) is 5.95 Å². The second-order valence-corrected chi connectivity index (χ2v) is 4.26. The van der Waals surface area contributed by atoms with Crippen molar-refractivity contribution in [3.63, 3.8) is 0 Å². The van der Waals surface area contributed by atoms with Crippen LogP contribution in [0.5, 0.6) is 0 Å². The average Bonchev–Trinajstić information content (AvgIpc) is 2.76. The molecule has 17 heavy (non-hydrogen) atoms. The molecule has 0 spiro atoms. The number of benzene rings is 1. The van der Waals surface area contributed by atoms with Crippen molar-refractivity contribution in [3.8, 4) is 0 Å². The largest absolute Gasteiger partial charge is 0.332 e. The lowest BCUT2D eigenvalue weighted by Gasteiger charge is -2.08. The number of nitrogens with one attached hydrogen (secondary N) is 3. The van der Waals surface area contributed by atoms with Crippen LogP contribution in [0, 0.1) is 0 Å². The Kier molecular flexibility index (Phi) is 3.78. The number of nitrogens with zero attached hydrogens (tertiary/aromatic N) is 2. The normalized spacial score (nSPS) is 10.0. The highest BCUT2D eigenvalue weighted by atomic mass is 35.5. The molecule has 0 fully saturated rings. The van der Waals surface area contributed by atoms with Gasteiger partial charge in [-0.25, -0.2) is 5.10 Å². The van der Waals surface area contributed by atoms with Gasteiger partial charge in [0.1, 0.15) is 6.33 Å². The summed E-state index contributed by atoms with van der Waals surface area (Å²) >= 11 is 16.8. The van der Waals surface area contributed by atoms with Gasteiger partial charge >= 0.3 is 0 Å². The molecular formula is C9H7Cl2N5S. The Labute approximate surface area is 113 Å². The van der Waals surface area contributed by atoms with Gasteiger partial charge < -0.3 is 10.6 Å². The maximum absolute atomic E-state index is 5.88. The second kappa shape index (κ2) is 5.31. The molecule has 3 N–H and O–H groups in total. The van der Waals surface area contributed by atoms with E-state index in [0.29, 0.717) is 21.1 Å². The molecule has 88 valence electrons. The fourth-order valence-corrected chi connectivity index (χ4v) is 1.62. The van der Waals surface area contributed by atoms with E-state index in [1.165, 1.54) is 6.33 Å². The number of hydrogen-bond donors (Lipinski definition) is 3. The lowest BCUT2D eigenvalue weighted by atomic mass is 10.3. The van der Waals surface area contributed by atoms with Crippen LogP contribution in [0.4, 0.5) is 11.6 Å². The summed E-state index contributed by atoms with van der Waals surface area (Å²) in [4.78, 5) is 3.88. The zero-order valence-corrected chi connectivity index (χ0v) is 10.7. The van der Waals surface area contributed by atoms with Gasteiger partial charge in [-0.3, -0.25) is 0 Å². The van der Waals surface area contributed by atoms with Gasteiger partial charge in [-0.2, -0.15) is 10.1 Å². The summed E-state index contributed by atoms with van der Waals surface area (Å²) in [5.41, 5.74) is 0.733. The maximum atomic E-state index is 5.88. The number of anilines is 2. The molecule has 1 aromatic carbocycles. The molecule has 0 aliphatic carbocycles. The predicted molar refractivity (Wildman–Crippen MR) is 72.7 cm³/mol. The van der Waals surface area contributed by atoms with Gasteiger partial charge in [0.05, 0.1) is 10.0 Å². The van der Waals surface area contributed by atoms with Crippen molar-refractivity contribution in [3.05, 3.63) is 34.6 Å². The number of H-pyrrole nitrogens is 1. The molecule has 2 aromatic rings. The molecule has 0 radical (unpaired) electrons. The molecule has 0 bridgehead atoms. The topological polar surface area (TPSA) is 65.6 Å². The van der Waals surface area contributed by atoms with E-state index >= 15 is 0 Å². The van der Waals surface area contributed by atoms with Crippen molar-refractivity contribution < 1.29 is 0 Å². The van der Waals surface area contributed by atoms with E-state index in [4.69, 9.17) is 35.4 Å². The van der Waals surface area contributed by atoms with Crippen LogP contribution in [0.3, 0.4) is 0 Å². The van der Waals surface area contributed by atoms with E-state index in [-0.39, 0.29) is 0 Å². The minimum atomic E-state index is 0.375. The summed E-state index contributed by atoms with van der Waals surface area (Å²) in [6.07, 6.45) is 1.38. The van der Waals surface area contributed by atoms with Crippen molar-refractivity contribution in [2.24, 2.45) is 0 Å². The highest BCUT2D eigenvalue weighted by Gasteiger charge is 2.03. The highest BCUT2D eigenvalue weighted by Crippen LogP contribution is 2.24. The molecular weight excluding hydrogens is 281 g/mol. The molecule has 1 heterocycles. The molecule has 0 aliphatic heterocycles. The Morgan fingerprint density at radius 1 is 1.24 bits per heavy atom. The van der Waals surface area contributed by atoms with Crippen LogP contribution >= 0.6 is 35.4 Å². The van der Waals surface area contributed by atoms with Crippen LogP contribution in [0.1, 0.15) is 0 Å². The Morgan fingerprint density at radius 3 is 2.71 bits per heavy atom. The summed E-state index contributed by atoms with van der Waals surface area (Å²) in [7, 11) is 0. The van der Waals surface area contributed by atoms with Gasteiger partial charge in [-0.15, -0.1) is 0 Å². The van der Waals surface area contributed by atoms with Gasteiger partial charge in [0, 0.05) is 5.69 Å². The van der Waals surface area contributed by atoms with Gasteiger partial charge in [-0.1, -0.05) is 23.2 Å². The summed E-state index contributed by atoms with van der Waals surface area (Å²) in [5, 5.41) is 13.4. The van der Waals surface area contributed by atoms with E-state index < -0.39 is 0 Å². The first-order chi connectivity index (χ1) is 8.15. The molecule has 0 amide bonds. The lowest BCUT2D eigenvalue weighted by molar-refractivity contribution is 1.10. The van der Waals surface area contributed by atoms with Crippen molar-refractivity contribution in [2.45, 2.75) is 0 Å². The molecule has 0 unspecified atom stereocenters. The van der Waals surface area contributed by atoms with Crippen LogP contribution in [-0.4, -0.2) is 20.3 Å². The number of aromatic nitrogens is 3. The molecule has 2 rings (SSSR count). The maximum Gasteiger partial charge on any atom is 0.224 e. The third-order valence-corrected chi connectivity index (χ3v) is 2.77. The third kappa shape index (κ3) is 3.29. The highest BCUT2D eigenvalue weighted by molar-refractivity contribution is 7.80. The minimum absolute atomic E-state index is 0.375. The molecule has 8 heteroatoms. The third-order valence-electron chi connectivity index (χ3n) is 1.82. The standard InChI is InChI=1S/C9H7Cl2N5S/c10-6-2-1-5(3-7(6)11)14-9(17)15-8-12-4-13-16-8/h1-4H,(H3,12,13,14,15,16,17). The van der Waals surface area contributed by atoms with Crippen molar-refractivity contribution >= 4 is 52.2 Å². The zero-order chi connectivity index (χ0) is 12.3. The van der Waals surface area contributed by atoms with E-state index in [0.717, 1.165) is 5.69 Å². The number of thiocarbonyl (C=S) groups is 1. The summed E-state index contributed by atoms with van der Waals surface area (Å²) < 4.78 is 0. The minimum Gasteiger partial charge on any atom is -0.332 e. The molecule has 0 atom stereocenters. The van der Waals surface area contributed by atoms with Crippen LogP contribution in [-0.2, 0) is 0 Å². The fraction of sp³-hybridized carbons (Fsp3) is 0. The Balaban J connectivity index is 2.00. The quantitative estimate of drug-likeness (QED) is 0.741. The summed E-state index contributed by atoms with van der Waals surface area (Å²) in [6.45, 7) is 0. The summed E-state index contributed by atoms with van der Waals surface area (Å²) in [5.74, 6) is 0.461. The summed E-state index contributed by atoms with van der Waals surface area (Å²) in [6, 6.07) is 5.13. The first kappa shape index (κ1) is 12.1. The lowest BCUT2D eigenvalue weighted by Crippen LogP contribution is -2.19. The van der Waals surface area contributed by atoms with Gasteiger partial charge in [0.25, 0.3) is 0 Å². The molecule has 5 nitrogen and oxygen atoms in total. The van der Waals surface area contributed by atoms with Crippen LogP contribution in [0.25, 0.3) is 0 Å². The van der Waals surface area contributed by atoms with Crippen LogP contribution in [0.2, 0.25) is 10.0 Å². The number of hydrogen-bond acceptors (Lipinski definition) is 3. The van der Waals surface area contributed by atoms with Crippen molar-refractivity contribution in [1.82, 2.24) is 15.2 Å². The van der Waals surface area contributed by atoms with Gasteiger partial charge in [0.15, 0.2) is 5.11 Å². The average molecular weight is 288 g/mol. The molecule has 0 saturated heterocycles.